The van der Waals surface area contributed by atoms with E-state index in [0.717, 1.165) is 44.9 Å². The zero-order valence-electron chi connectivity index (χ0n) is 35.0. The van der Waals surface area contributed by atoms with Crippen molar-refractivity contribution >= 4 is 5.91 Å². The number of rotatable bonds is 38. The van der Waals surface area contributed by atoms with Crippen LogP contribution in [0.15, 0.2) is 12.2 Å². The fourth-order valence-electron chi connectivity index (χ4n) is 7.39. The third kappa shape index (κ3) is 26.7. The molecule has 0 aromatic heterocycles. The number of hydrogen-bond donors (Lipinski definition) is 6. The second-order valence-corrected chi connectivity index (χ2v) is 16.2. The minimum absolute atomic E-state index is 0.185. The maximum absolute atomic E-state index is 12.8. The SMILES string of the molecule is CCCCCCCCCCCCCCCCCCCCCCCCC/C=C/C(O)C(COC1OC(CO)C(O)C(O)C1O)NC(=O)CCCCCCCC. The van der Waals surface area contributed by atoms with Gasteiger partial charge >= 0.3 is 0 Å². The molecular formula is C45H87NO8. The highest BCUT2D eigenvalue weighted by atomic mass is 16.7. The van der Waals surface area contributed by atoms with Gasteiger partial charge in [0.1, 0.15) is 24.4 Å². The summed E-state index contributed by atoms with van der Waals surface area (Å²) in [6, 6.07) is -0.796. The lowest BCUT2D eigenvalue weighted by molar-refractivity contribution is -0.302. The summed E-state index contributed by atoms with van der Waals surface area (Å²) in [4.78, 5) is 12.8. The summed E-state index contributed by atoms with van der Waals surface area (Å²) in [5, 5.41) is 53.9. The fourth-order valence-corrected chi connectivity index (χ4v) is 7.39. The van der Waals surface area contributed by atoms with Crippen LogP contribution >= 0.6 is 0 Å². The van der Waals surface area contributed by atoms with E-state index in [-0.39, 0.29) is 12.5 Å². The lowest BCUT2D eigenvalue weighted by Gasteiger charge is -2.40. The molecule has 1 fully saturated rings. The predicted molar refractivity (Wildman–Crippen MR) is 221 cm³/mol. The Hall–Kier alpha value is -1.07. The number of aliphatic hydroxyl groups excluding tert-OH is 5. The summed E-state index contributed by atoms with van der Waals surface area (Å²) in [6.07, 6.45) is 34.5. The minimum atomic E-state index is -1.56. The standard InChI is InChI=1S/C45H87NO8/c1-3-5-7-9-11-12-13-14-15-16-17-18-19-20-21-22-23-24-25-26-27-28-29-30-32-34-39(48)38(46-41(49)35-33-31-10-8-6-4-2)37-53-45-44(52)43(51)42(50)40(36-47)54-45/h32,34,38-40,42-45,47-48,50-52H,3-31,33,35-37H2,1-2H3,(H,46,49)/b34-32+. The van der Waals surface area contributed by atoms with Crippen molar-refractivity contribution in [1.82, 2.24) is 5.32 Å². The molecule has 1 rings (SSSR count). The summed E-state index contributed by atoms with van der Waals surface area (Å²) in [5.74, 6) is -0.185. The second-order valence-electron chi connectivity index (χ2n) is 16.2. The Morgan fingerprint density at radius 1 is 0.611 bits per heavy atom. The molecule has 0 radical (unpaired) electrons. The topological polar surface area (TPSA) is 149 Å². The summed E-state index contributed by atoms with van der Waals surface area (Å²) in [7, 11) is 0. The molecule has 0 saturated carbocycles. The average molecular weight is 770 g/mol. The largest absolute Gasteiger partial charge is 0.394 e. The predicted octanol–water partition coefficient (Wildman–Crippen LogP) is 9.34. The molecule has 9 heteroatoms. The van der Waals surface area contributed by atoms with Gasteiger partial charge in [-0.25, -0.2) is 0 Å². The van der Waals surface area contributed by atoms with E-state index in [9.17, 15) is 30.3 Å². The number of allylic oxidation sites excluding steroid dienone is 1. The van der Waals surface area contributed by atoms with Crippen LogP contribution in [0.25, 0.3) is 0 Å². The molecule has 7 atom stereocenters. The van der Waals surface area contributed by atoms with Gasteiger partial charge in [-0.05, 0) is 19.3 Å². The van der Waals surface area contributed by atoms with Gasteiger partial charge in [0, 0.05) is 6.42 Å². The Morgan fingerprint density at radius 2 is 1.02 bits per heavy atom. The number of hydrogen-bond acceptors (Lipinski definition) is 8. The first-order valence-corrected chi connectivity index (χ1v) is 22.9. The Labute approximate surface area is 331 Å². The van der Waals surface area contributed by atoms with Gasteiger partial charge in [-0.1, -0.05) is 199 Å². The normalized spacial score (nSPS) is 21.5. The highest BCUT2D eigenvalue weighted by Crippen LogP contribution is 2.23. The van der Waals surface area contributed by atoms with Crippen molar-refractivity contribution in [3.8, 4) is 0 Å². The van der Waals surface area contributed by atoms with Crippen molar-refractivity contribution in [2.45, 2.75) is 256 Å². The zero-order valence-corrected chi connectivity index (χ0v) is 35.0. The van der Waals surface area contributed by atoms with Crippen molar-refractivity contribution in [1.29, 1.82) is 0 Å². The molecule has 320 valence electrons. The molecule has 1 aliphatic rings. The van der Waals surface area contributed by atoms with Crippen molar-refractivity contribution in [3.05, 3.63) is 12.2 Å². The van der Waals surface area contributed by atoms with Gasteiger partial charge in [0.2, 0.25) is 5.91 Å². The van der Waals surface area contributed by atoms with Gasteiger partial charge in [0.15, 0.2) is 6.29 Å². The van der Waals surface area contributed by atoms with Crippen LogP contribution in [0.3, 0.4) is 0 Å². The first kappa shape index (κ1) is 50.9. The number of carbonyl (C=O) groups is 1. The van der Waals surface area contributed by atoms with Crippen LogP contribution in [-0.2, 0) is 14.3 Å². The lowest BCUT2D eigenvalue weighted by Crippen LogP contribution is -2.60. The van der Waals surface area contributed by atoms with E-state index in [4.69, 9.17) is 9.47 Å². The number of aliphatic hydroxyl groups is 5. The molecular weight excluding hydrogens is 682 g/mol. The molecule has 54 heavy (non-hydrogen) atoms. The van der Waals surface area contributed by atoms with Gasteiger partial charge in [0.05, 0.1) is 25.4 Å². The van der Waals surface area contributed by atoms with Crippen molar-refractivity contribution in [2.24, 2.45) is 0 Å². The number of nitrogens with one attached hydrogen (secondary N) is 1. The molecule has 9 nitrogen and oxygen atoms in total. The van der Waals surface area contributed by atoms with Gasteiger partial charge < -0.3 is 40.3 Å². The van der Waals surface area contributed by atoms with E-state index in [2.05, 4.69) is 19.2 Å². The molecule has 1 aliphatic heterocycles. The maximum atomic E-state index is 12.8. The lowest BCUT2D eigenvalue weighted by atomic mass is 9.99. The highest BCUT2D eigenvalue weighted by Gasteiger charge is 2.44. The Morgan fingerprint density at radius 3 is 1.44 bits per heavy atom. The number of carbonyl (C=O) groups excluding carboxylic acids is 1. The van der Waals surface area contributed by atoms with Crippen molar-refractivity contribution in [3.63, 3.8) is 0 Å². The third-order valence-corrected chi connectivity index (χ3v) is 11.1. The van der Waals surface area contributed by atoms with Gasteiger partial charge in [0.25, 0.3) is 0 Å². The van der Waals surface area contributed by atoms with Crippen LogP contribution in [0.2, 0.25) is 0 Å². The van der Waals surface area contributed by atoms with Crippen LogP contribution in [0.4, 0.5) is 0 Å². The van der Waals surface area contributed by atoms with Gasteiger partial charge in [-0.3, -0.25) is 4.79 Å². The number of unbranched alkanes of at least 4 members (excludes halogenated alkanes) is 28. The molecule has 1 heterocycles. The first-order valence-electron chi connectivity index (χ1n) is 22.9. The fraction of sp³-hybridized carbons (Fsp3) is 0.933. The monoisotopic (exact) mass is 770 g/mol. The van der Waals surface area contributed by atoms with E-state index in [1.54, 1.807) is 6.08 Å². The zero-order chi connectivity index (χ0) is 39.5. The quantitative estimate of drug-likeness (QED) is 0.0269. The van der Waals surface area contributed by atoms with Gasteiger partial charge in [-0.15, -0.1) is 0 Å². The summed E-state index contributed by atoms with van der Waals surface area (Å²) >= 11 is 0. The van der Waals surface area contributed by atoms with Gasteiger partial charge in [-0.2, -0.15) is 0 Å². The number of ether oxygens (including phenoxy) is 2. The van der Waals surface area contributed by atoms with Crippen molar-refractivity contribution in [2.75, 3.05) is 13.2 Å². The summed E-state index contributed by atoms with van der Waals surface area (Å²) in [6.45, 7) is 3.71. The Kier molecular flexibility index (Phi) is 34.2. The van der Waals surface area contributed by atoms with E-state index >= 15 is 0 Å². The van der Waals surface area contributed by atoms with E-state index in [1.807, 2.05) is 6.08 Å². The van der Waals surface area contributed by atoms with E-state index < -0.39 is 49.5 Å². The molecule has 7 unspecified atom stereocenters. The molecule has 1 saturated heterocycles. The molecule has 6 N–H and O–H groups in total. The average Bonchev–Trinajstić information content (AvgIpc) is 3.17. The minimum Gasteiger partial charge on any atom is -0.394 e. The first-order chi connectivity index (χ1) is 26.3. The Balaban J connectivity index is 2.18. The van der Waals surface area contributed by atoms with E-state index in [1.165, 1.54) is 148 Å². The van der Waals surface area contributed by atoms with E-state index in [0.29, 0.717) is 6.42 Å². The molecule has 0 aromatic carbocycles. The highest BCUT2D eigenvalue weighted by molar-refractivity contribution is 5.76. The molecule has 0 spiro atoms. The molecule has 1 amide bonds. The van der Waals surface area contributed by atoms with Crippen molar-refractivity contribution < 1.29 is 39.8 Å². The smallest absolute Gasteiger partial charge is 0.220 e. The molecule has 0 aromatic rings. The summed E-state index contributed by atoms with van der Waals surface area (Å²) < 4.78 is 11.1. The van der Waals surface area contributed by atoms with Crippen LogP contribution in [-0.4, -0.2) is 87.5 Å². The molecule has 0 aliphatic carbocycles. The second kappa shape index (κ2) is 36.3. The maximum Gasteiger partial charge on any atom is 0.220 e. The van der Waals surface area contributed by atoms with Crippen LogP contribution in [0.1, 0.15) is 213 Å². The number of amides is 1. The molecule has 0 bridgehead atoms. The third-order valence-electron chi connectivity index (χ3n) is 11.1. The Bertz CT molecular complexity index is 858. The van der Waals surface area contributed by atoms with Crippen LogP contribution in [0.5, 0.6) is 0 Å². The van der Waals surface area contributed by atoms with Crippen LogP contribution < -0.4 is 5.32 Å². The summed E-state index contributed by atoms with van der Waals surface area (Å²) in [5.41, 5.74) is 0. The van der Waals surface area contributed by atoms with Crippen LogP contribution in [0, 0.1) is 0 Å².